The Morgan fingerprint density at radius 3 is 2.82 bits per heavy atom. The summed E-state index contributed by atoms with van der Waals surface area (Å²) in [5.74, 6) is 0.384. The first-order valence-electron chi connectivity index (χ1n) is 5.01. The number of hydrogen-bond donors (Lipinski definition) is 2. The van der Waals surface area contributed by atoms with Gasteiger partial charge < -0.3 is 10.6 Å². The molecule has 0 atom stereocenters. The molecule has 0 aliphatic rings. The molecule has 6 heteroatoms. The number of nitrogens with zero attached hydrogens (tertiary/aromatic N) is 3. The quantitative estimate of drug-likeness (QED) is 0.819. The second-order valence-electron chi connectivity index (χ2n) is 3.22. The molecule has 0 spiro atoms. The zero-order valence-corrected chi connectivity index (χ0v) is 9.21. The van der Waals surface area contributed by atoms with E-state index in [1.165, 1.54) is 0 Å². The van der Waals surface area contributed by atoms with Gasteiger partial charge in [0.05, 0.1) is 6.20 Å². The number of nitrogens with one attached hydrogen (secondary N) is 2. The van der Waals surface area contributed by atoms with Crippen LogP contribution in [0.2, 0.25) is 0 Å². The molecule has 2 N–H and O–H groups in total. The Balaban J connectivity index is 2.20. The van der Waals surface area contributed by atoms with Crippen molar-refractivity contribution < 1.29 is 4.79 Å². The van der Waals surface area contributed by atoms with Crippen molar-refractivity contribution in [3.05, 3.63) is 42.6 Å². The maximum absolute atomic E-state index is 11.4. The first-order valence-corrected chi connectivity index (χ1v) is 5.01. The van der Waals surface area contributed by atoms with Gasteiger partial charge in [-0.3, -0.25) is 14.8 Å². The van der Waals surface area contributed by atoms with Gasteiger partial charge >= 0.3 is 0 Å². The van der Waals surface area contributed by atoms with Crippen molar-refractivity contribution in [3.8, 4) is 0 Å². The Morgan fingerprint density at radius 1 is 1.24 bits per heavy atom. The molecule has 0 saturated carbocycles. The predicted molar refractivity (Wildman–Crippen MR) is 62.9 cm³/mol. The summed E-state index contributed by atoms with van der Waals surface area (Å²) in [6, 6.07) is 3.40. The minimum Gasteiger partial charge on any atom is -0.354 e. The van der Waals surface area contributed by atoms with Crippen molar-refractivity contribution in [2.24, 2.45) is 0 Å². The summed E-state index contributed by atoms with van der Waals surface area (Å²) in [5.41, 5.74) is 1.08. The third kappa shape index (κ3) is 2.75. The zero-order valence-electron chi connectivity index (χ0n) is 9.21. The van der Waals surface area contributed by atoms with Gasteiger partial charge in [0.2, 0.25) is 0 Å². The van der Waals surface area contributed by atoms with E-state index in [0.717, 1.165) is 5.69 Å². The zero-order chi connectivity index (χ0) is 12.1. The van der Waals surface area contributed by atoms with Crippen LogP contribution in [-0.4, -0.2) is 27.9 Å². The second kappa shape index (κ2) is 5.02. The van der Waals surface area contributed by atoms with Gasteiger partial charge in [0.1, 0.15) is 11.5 Å². The molecule has 0 aliphatic heterocycles. The van der Waals surface area contributed by atoms with Crippen LogP contribution < -0.4 is 10.6 Å². The van der Waals surface area contributed by atoms with E-state index < -0.39 is 0 Å². The smallest absolute Gasteiger partial charge is 0.269 e. The van der Waals surface area contributed by atoms with Crippen molar-refractivity contribution >= 4 is 17.4 Å². The number of carbonyl (C=O) groups excluding carboxylic acids is 1. The highest BCUT2D eigenvalue weighted by Crippen LogP contribution is 2.13. The van der Waals surface area contributed by atoms with Crippen LogP contribution in [-0.2, 0) is 0 Å². The summed E-state index contributed by atoms with van der Waals surface area (Å²) in [6.45, 7) is 0. The number of hydrogen-bond acceptors (Lipinski definition) is 5. The number of carbonyl (C=O) groups is 1. The lowest BCUT2D eigenvalue weighted by atomic mass is 10.3. The fourth-order valence-corrected chi connectivity index (χ4v) is 1.27. The van der Waals surface area contributed by atoms with E-state index >= 15 is 0 Å². The van der Waals surface area contributed by atoms with Crippen molar-refractivity contribution in [1.29, 1.82) is 0 Å². The summed E-state index contributed by atoms with van der Waals surface area (Å²) >= 11 is 0. The molecule has 1 amide bonds. The van der Waals surface area contributed by atoms with Crippen LogP contribution in [0.5, 0.6) is 0 Å². The van der Waals surface area contributed by atoms with Crippen molar-refractivity contribution in [3.63, 3.8) is 0 Å². The average Bonchev–Trinajstić information content (AvgIpc) is 2.39. The Kier molecular flexibility index (Phi) is 3.25. The topological polar surface area (TPSA) is 79.8 Å². The summed E-state index contributed by atoms with van der Waals surface area (Å²) in [5, 5.41) is 5.54. The highest BCUT2D eigenvalue weighted by molar-refractivity contribution is 5.92. The fourth-order valence-electron chi connectivity index (χ4n) is 1.27. The van der Waals surface area contributed by atoms with Gasteiger partial charge in [-0.2, -0.15) is 0 Å². The van der Waals surface area contributed by atoms with Gasteiger partial charge in [-0.05, 0) is 12.1 Å². The number of pyridine rings is 1. The van der Waals surface area contributed by atoms with E-state index in [-0.39, 0.29) is 5.91 Å². The molecule has 0 fully saturated rings. The maximum atomic E-state index is 11.4. The van der Waals surface area contributed by atoms with Crippen molar-refractivity contribution in [2.75, 3.05) is 12.4 Å². The SMILES string of the molecule is CNC(=O)c1cc(Nc2cnccn2)ccn1. The molecule has 0 bridgehead atoms. The van der Waals surface area contributed by atoms with Gasteiger partial charge in [0, 0.05) is 31.3 Å². The van der Waals surface area contributed by atoms with Crippen molar-refractivity contribution in [1.82, 2.24) is 20.3 Å². The van der Waals surface area contributed by atoms with E-state index in [0.29, 0.717) is 11.5 Å². The number of anilines is 2. The number of amides is 1. The molecule has 0 aliphatic carbocycles. The molecule has 2 aromatic heterocycles. The van der Waals surface area contributed by atoms with Crippen LogP contribution in [0.1, 0.15) is 10.5 Å². The predicted octanol–water partition coefficient (Wildman–Crippen LogP) is 0.975. The van der Waals surface area contributed by atoms with E-state index in [4.69, 9.17) is 0 Å². The summed E-state index contributed by atoms with van der Waals surface area (Å²) in [6.07, 6.45) is 6.33. The average molecular weight is 229 g/mol. The number of aromatic nitrogens is 3. The first kappa shape index (κ1) is 11.0. The number of rotatable bonds is 3. The van der Waals surface area contributed by atoms with Crippen LogP contribution in [0.3, 0.4) is 0 Å². The summed E-state index contributed by atoms with van der Waals surface area (Å²) < 4.78 is 0. The fraction of sp³-hybridized carbons (Fsp3) is 0.0909. The lowest BCUT2D eigenvalue weighted by molar-refractivity contribution is 0.0958. The monoisotopic (exact) mass is 229 g/mol. The normalized spacial score (nSPS) is 9.71. The molecular formula is C11H11N5O. The van der Waals surface area contributed by atoms with E-state index in [1.807, 2.05) is 0 Å². The lowest BCUT2D eigenvalue weighted by Gasteiger charge is -2.05. The molecule has 2 rings (SSSR count). The maximum Gasteiger partial charge on any atom is 0.269 e. The van der Waals surface area contributed by atoms with Gasteiger partial charge in [-0.15, -0.1) is 0 Å². The Hall–Kier alpha value is -2.50. The van der Waals surface area contributed by atoms with Gasteiger partial charge in [0.25, 0.3) is 5.91 Å². The highest BCUT2D eigenvalue weighted by atomic mass is 16.1. The lowest BCUT2D eigenvalue weighted by Crippen LogP contribution is -2.19. The molecule has 0 saturated heterocycles. The Bertz CT molecular complexity index is 514. The molecule has 2 heterocycles. The largest absolute Gasteiger partial charge is 0.354 e. The van der Waals surface area contributed by atoms with Crippen LogP contribution in [0.15, 0.2) is 36.9 Å². The van der Waals surface area contributed by atoms with Crippen LogP contribution in [0, 0.1) is 0 Å². The summed E-state index contributed by atoms with van der Waals surface area (Å²) in [7, 11) is 1.56. The van der Waals surface area contributed by atoms with Crippen LogP contribution in [0.4, 0.5) is 11.5 Å². The third-order valence-corrected chi connectivity index (χ3v) is 2.06. The first-order chi connectivity index (χ1) is 8.29. The minimum absolute atomic E-state index is 0.229. The van der Waals surface area contributed by atoms with Crippen LogP contribution in [0.25, 0.3) is 0 Å². The standard InChI is InChI=1S/C11H11N5O/c1-12-11(17)9-6-8(2-3-14-9)16-10-7-13-4-5-15-10/h2-7H,1H3,(H,12,17)(H,14,15,16). The van der Waals surface area contributed by atoms with Crippen LogP contribution >= 0.6 is 0 Å². The second-order valence-corrected chi connectivity index (χ2v) is 3.22. The third-order valence-electron chi connectivity index (χ3n) is 2.06. The van der Waals surface area contributed by atoms with E-state index in [2.05, 4.69) is 25.6 Å². The van der Waals surface area contributed by atoms with E-state index in [9.17, 15) is 4.79 Å². The van der Waals surface area contributed by atoms with Crippen molar-refractivity contribution in [2.45, 2.75) is 0 Å². The van der Waals surface area contributed by atoms with Gasteiger partial charge in [0.15, 0.2) is 0 Å². The molecule has 17 heavy (non-hydrogen) atoms. The Labute approximate surface area is 98.1 Å². The van der Waals surface area contributed by atoms with Gasteiger partial charge in [-0.1, -0.05) is 0 Å². The summed E-state index contributed by atoms with van der Waals surface area (Å²) in [4.78, 5) is 23.4. The molecule has 0 unspecified atom stereocenters. The van der Waals surface area contributed by atoms with E-state index in [1.54, 1.807) is 44.0 Å². The highest BCUT2D eigenvalue weighted by Gasteiger charge is 2.05. The minimum atomic E-state index is -0.229. The van der Waals surface area contributed by atoms with Gasteiger partial charge in [-0.25, -0.2) is 4.98 Å². The molecular weight excluding hydrogens is 218 g/mol. The molecule has 6 nitrogen and oxygen atoms in total. The molecule has 0 radical (unpaired) electrons. The molecule has 2 aromatic rings. The molecule has 0 aromatic carbocycles. The Morgan fingerprint density at radius 2 is 2.12 bits per heavy atom. The molecule has 86 valence electrons.